The molecule has 5 nitrogen and oxygen atoms in total. The van der Waals surface area contributed by atoms with Gasteiger partial charge in [0.05, 0.1) is 30.9 Å². The van der Waals surface area contributed by atoms with E-state index in [0.717, 1.165) is 22.4 Å². The molecule has 2 heterocycles. The molecular formula is C24H19N3O2. The van der Waals surface area contributed by atoms with Gasteiger partial charge in [0.1, 0.15) is 5.75 Å². The van der Waals surface area contributed by atoms with Crippen molar-refractivity contribution >= 4 is 10.9 Å². The predicted octanol–water partition coefficient (Wildman–Crippen LogP) is 3.44. The number of fused-ring (bicyclic) bond motifs is 1. The van der Waals surface area contributed by atoms with Crippen molar-refractivity contribution < 1.29 is 4.74 Å². The third kappa shape index (κ3) is 4.33. The number of hydrogen-bond acceptors (Lipinski definition) is 4. The first-order chi connectivity index (χ1) is 14.2. The number of aromatic nitrogens is 3. The SMILES string of the molecule is COc1ccc(CC#Cc2ccc3ncn(Cc4ccncc4)c(=O)c3c2)cc1. The van der Waals surface area contributed by atoms with Gasteiger partial charge < -0.3 is 4.74 Å². The molecule has 0 aliphatic carbocycles. The summed E-state index contributed by atoms with van der Waals surface area (Å²) >= 11 is 0. The van der Waals surface area contributed by atoms with Crippen LogP contribution in [-0.4, -0.2) is 21.6 Å². The summed E-state index contributed by atoms with van der Waals surface area (Å²) in [6.45, 7) is 0.456. The number of nitrogens with zero attached hydrogens (tertiary/aromatic N) is 3. The zero-order chi connectivity index (χ0) is 20.1. The maximum Gasteiger partial charge on any atom is 0.261 e. The van der Waals surface area contributed by atoms with Gasteiger partial charge in [0.2, 0.25) is 0 Å². The van der Waals surface area contributed by atoms with E-state index in [0.29, 0.717) is 23.9 Å². The first-order valence-corrected chi connectivity index (χ1v) is 9.23. The van der Waals surface area contributed by atoms with E-state index in [1.54, 1.807) is 30.4 Å². The lowest BCUT2D eigenvalue weighted by atomic mass is 10.1. The molecule has 29 heavy (non-hydrogen) atoms. The molecule has 0 aliphatic heterocycles. The lowest BCUT2D eigenvalue weighted by Gasteiger charge is -2.06. The van der Waals surface area contributed by atoms with Gasteiger partial charge in [-0.05, 0) is 53.6 Å². The van der Waals surface area contributed by atoms with Crippen LogP contribution in [0.1, 0.15) is 16.7 Å². The van der Waals surface area contributed by atoms with Crippen molar-refractivity contribution in [1.82, 2.24) is 14.5 Å². The second-order valence-corrected chi connectivity index (χ2v) is 6.59. The molecule has 0 spiro atoms. The molecule has 0 atom stereocenters. The van der Waals surface area contributed by atoms with Crippen LogP contribution in [-0.2, 0) is 13.0 Å². The average Bonchev–Trinajstić information content (AvgIpc) is 2.77. The van der Waals surface area contributed by atoms with Gasteiger partial charge >= 0.3 is 0 Å². The first kappa shape index (κ1) is 18.5. The third-order valence-electron chi connectivity index (χ3n) is 4.61. The van der Waals surface area contributed by atoms with Crippen LogP contribution in [0.15, 0.2) is 78.1 Å². The monoisotopic (exact) mass is 381 g/mol. The van der Waals surface area contributed by atoms with Crippen LogP contribution < -0.4 is 10.3 Å². The summed E-state index contributed by atoms with van der Waals surface area (Å²) in [6, 6.07) is 17.1. The minimum absolute atomic E-state index is 0.0781. The Kier molecular flexibility index (Phi) is 5.35. The zero-order valence-corrected chi connectivity index (χ0v) is 16.0. The van der Waals surface area contributed by atoms with Crippen LogP contribution in [0.3, 0.4) is 0 Å². The number of rotatable bonds is 4. The molecule has 4 rings (SSSR count). The summed E-state index contributed by atoms with van der Waals surface area (Å²) in [6.07, 6.45) is 5.64. The quantitative estimate of drug-likeness (QED) is 0.508. The molecule has 0 unspecified atom stereocenters. The number of benzene rings is 2. The number of methoxy groups -OCH3 is 1. The molecule has 142 valence electrons. The van der Waals surface area contributed by atoms with Crippen molar-refractivity contribution in [2.24, 2.45) is 0 Å². The lowest BCUT2D eigenvalue weighted by Crippen LogP contribution is -2.21. The summed E-state index contributed by atoms with van der Waals surface area (Å²) in [4.78, 5) is 21.3. The second kappa shape index (κ2) is 8.41. The van der Waals surface area contributed by atoms with Crippen LogP contribution in [0.5, 0.6) is 5.75 Å². The van der Waals surface area contributed by atoms with E-state index in [9.17, 15) is 4.79 Å². The van der Waals surface area contributed by atoms with Crippen LogP contribution >= 0.6 is 0 Å². The fourth-order valence-corrected chi connectivity index (χ4v) is 3.03. The van der Waals surface area contributed by atoms with Crippen LogP contribution in [0.2, 0.25) is 0 Å². The van der Waals surface area contributed by atoms with Gasteiger partial charge in [-0.1, -0.05) is 24.0 Å². The first-order valence-electron chi connectivity index (χ1n) is 9.23. The van der Waals surface area contributed by atoms with Gasteiger partial charge in [0.25, 0.3) is 5.56 Å². The normalized spacial score (nSPS) is 10.4. The number of pyridine rings is 1. The van der Waals surface area contributed by atoms with Crippen LogP contribution in [0, 0.1) is 11.8 Å². The molecule has 0 saturated heterocycles. The van der Waals surface area contributed by atoms with Gasteiger partial charge in [0.15, 0.2) is 0 Å². The van der Waals surface area contributed by atoms with Crippen molar-refractivity contribution in [2.45, 2.75) is 13.0 Å². The van der Waals surface area contributed by atoms with E-state index in [1.807, 2.05) is 54.6 Å². The predicted molar refractivity (Wildman–Crippen MR) is 113 cm³/mol. The van der Waals surface area contributed by atoms with Crippen molar-refractivity contribution in [3.63, 3.8) is 0 Å². The highest BCUT2D eigenvalue weighted by molar-refractivity contribution is 5.79. The largest absolute Gasteiger partial charge is 0.497 e. The van der Waals surface area contributed by atoms with E-state index in [4.69, 9.17) is 4.74 Å². The molecular weight excluding hydrogens is 362 g/mol. The van der Waals surface area contributed by atoms with Gasteiger partial charge in [-0.2, -0.15) is 0 Å². The Bertz CT molecular complexity index is 1250. The molecule has 0 saturated carbocycles. The maximum atomic E-state index is 12.9. The van der Waals surface area contributed by atoms with E-state index in [1.165, 1.54) is 0 Å². The highest BCUT2D eigenvalue weighted by atomic mass is 16.5. The fourth-order valence-electron chi connectivity index (χ4n) is 3.03. The third-order valence-corrected chi connectivity index (χ3v) is 4.61. The molecule has 4 aromatic rings. The Balaban J connectivity index is 1.58. The minimum atomic E-state index is -0.0781. The van der Waals surface area contributed by atoms with Crippen molar-refractivity contribution in [3.8, 4) is 17.6 Å². The molecule has 2 aromatic carbocycles. The summed E-state index contributed by atoms with van der Waals surface area (Å²) in [5.41, 5.74) is 3.50. The Morgan fingerprint density at radius 2 is 1.79 bits per heavy atom. The van der Waals surface area contributed by atoms with Crippen molar-refractivity contribution in [1.29, 1.82) is 0 Å². The molecule has 0 fully saturated rings. The molecule has 5 heteroatoms. The van der Waals surface area contributed by atoms with Crippen LogP contribution in [0.25, 0.3) is 10.9 Å². The maximum absolute atomic E-state index is 12.9. The zero-order valence-electron chi connectivity index (χ0n) is 16.0. The summed E-state index contributed by atoms with van der Waals surface area (Å²) < 4.78 is 6.77. The highest BCUT2D eigenvalue weighted by Gasteiger charge is 2.05. The Morgan fingerprint density at radius 3 is 2.55 bits per heavy atom. The number of ether oxygens (including phenoxy) is 1. The van der Waals surface area contributed by atoms with Gasteiger partial charge in [-0.15, -0.1) is 0 Å². The topological polar surface area (TPSA) is 57.0 Å². The van der Waals surface area contributed by atoms with Crippen LogP contribution in [0.4, 0.5) is 0 Å². The molecule has 0 aliphatic rings. The summed E-state index contributed by atoms with van der Waals surface area (Å²) in [5, 5.41) is 0.567. The lowest BCUT2D eigenvalue weighted by molar-refractivity contribution is 0.414. The summed E-state index contributed by atoms with van der Waals surface area (Å²) in [5.74, 6) is 7.14. The highest BCUT2D eigenvalue weighted by Crippen LogP contribution is 2.12. The summed E-state index contributed by atoms with van der Waals surface area (Å²) in [7, 11) is 1.65. The molecule has 2 aromatic heterocycles. The van der Waals surface area contributed by atoms with E-state index in [-0.39, 0.29) is 5.56 Å². The van der Waals surface area contributed by atoms with E-state index >= 15 is 0 Å². The smallest absolute Gasteiger partial charge is 0.261 e. The Hall–Kier alpha value is -3.91. The van der Waals surface area contributed by atoms with Gasteiger partial charge in [-0.3, -0.25) is 14.3 Å². The Morgan fingerprint density at radius 1 is 1.00 bits per heavy atom. The Labute approximate surface area is 168 Å². The average molecular weight is 381 g/mol. The van der Waals surface area contributed by atoms with E-state index < -0.39 is 0 Å². The van der Waals surface area contributed by atoms with E-state index in [2.05, 4.69) is 21.8 Å². The van der Waals surface area contributed by atoms with Crippen molar-refractivity contribution in [2.75, 3.05) is 7.11 Å². The fraction of sp³-hybridized carbons (Fsp3) is 0.125. The molecule has 0 bridgehead atoms. The minimum Gasteiger partial charge on any atom is -0.497 e. The van der Waals surface area contributed by atoms with Gasteiger partial charge in [-0.25, -0.2) is 4.98 Å². The van der Waals surface area contributed by atoms with Gasteiger partial charge in [0, 0.05) is 24.4 Å². The second-order valence-electron chi connectivity index (χ2n) is 6.59. The van der Waals surface area contributed by atoms with Crippen molar-refractivity contribution in [3.05, 3.63) is 100 Å². The standard InChI is InChI=1S/C24H19N3O2/c1-29-21-8-5-18(6-9-21)3-2-4-19-7-10-23-22(15-19)24(28)27(17-26-23)16-20-11-13-25-14-12-20/h5-15,17H,3,16H2,1H3. The molecule has 0 radical (unpaired) electrons. The molecule has 0 N–H and O–H groups in total. The molecule has 0 amide bonds. The number of hydrogen-bond donors (Lipinski definition) is 0.